The molecular weight excluding hydrogens is 298 g/mol. The maximum absolute atomic E-state index is 10.7. The first kappa shape index (κ1) is 17.0. The minimum absolute atomic E-state index is 0.302. The summed E-state index contributed by atoms with van der Waals surface area (Å²) >= 11 is 0. The van der Waals surface area contributed by atoms with Gasteiger partial charge < -0.3 is 15.6 Å². The van der Waals surface area contributed by atoms with Gasteiger partial charge in [0.2, 0.25) is 0 Å². The van der Waals surface area contributed by atoms with Crippen molar-refractivity contribution in [2.45, 2.75) is 50.9 Å². The Labute approximate surface area is 144 Å². The maximum atomic E-state index is 10.7. The molecule has 0 saturated heterocycles. The van der Waals surface area contributed by atoms with E-state index in [1.807, 2.05) is 54.6 Å². The summed E-state index contributed by atoms with van der Waals surface area (Å²) in [6.07, 6.45) is 5.30. The molecule has 0 amide bonds. The predicted octanol–water partition coefficient (Wildman–Crippen LogP) is 4.21. The Hall–Kier alpha value is -1.84. The third kappa shape index (κ3) is 4.16. The molecule has 0 spiro atoms. The van der Waals surface area contributed by atoms with E-state index in [9.17, 15) is 5.11 Å². The molecule has 3 N–H and O–H groups in total. The SMILES string of the molecule is N[C@@H](c1ccccc1OCc1ccccc1)[C@H](O)C1CCCCC1. The van der Waals surface area contributed by atoms with Crippen molar-refractivity contribution in [3.05, 3.63) is 65.7 Å². The number of rotatable bonds is 6. The van der Waals surface area contributed by atoms with Crippen molar-refractivity contribution in [3.8, 4) is 5.75 Å². The van der Waals surface area contributed by atoms with Crippen LogP contribution in [0, 0.1) is 5.92 Å². The van der Waals surface area contributed by atoms with Crippen LogP contribution in [0.15, 0.2) is 54.6 Å². The lowest BCUT2D eigenvalue weighted by atomic mass is 9.81. The third-order valence-corrected chi connectivity index (χ3v) is 5.02. The summed E-state index contributed by atoms with van der Waals surface area (Å²) in [7, 11) is 0. The van der Waals surface area contributed by atoms with Crippen LogP contribution in [0.3, 0.4) is 0 Å². The molecule has 0 unspecified atom stereocenters. The zero-order valence-electron chi connectivity index (χ0n) is 14.1. The minimum atomic E-state index is -0.508. The van der Waals surface area contributed by atoms with Gasteiger partial charge in [-0.25, -0.2) is 0 Å². The van der Waals surface area contributed by atoms with Crippen molar-refractivity contribution >= 4 is 0 Å². The highest BCUT2D eigenvalue weighted by Crippen LogP contribution is 2.34. The Kier molecular flexibility index (Phi) is 5.89. The van der Waals surface area contributed by atoms with Crippen molar-refractivity contribution in [1.82, 2.24) is 0 Å². The minimum Gasteiger partial charge on any atom is -0.489 e. The molecule has 3 heteroatoms. The Bertz CT molecular complexity index is 623. The summed E-state index contributed by atoms with van der Waals surface area (Å²) in [4.78, 5) is 0. The number of para-hydroxylation sites is 1. The molecule has 128 valence electrons. The number of ether oxygens (including phenoxy) is 1. The van der Waals surface area contributed by atoms with E-state index in [0.29, 0.717) is 12.5 Å². The Morgan fingerprint density at radius 2 is 1.62 bits per heavy atom. The van der Waals surface area contributed by atoms with Crippen LogP contribution >= 0.6 is 0 Å². The van der Waals surface area contributed by atoms with Gasteiger partial charge in [-0.05, 0) is 30.4 Å². The topological polar surface area (TPSA) is 55.5 Å². The van der Waals surface area contributed by atoms with Gasteiger partial charge in [0.15, 0.2) is 0 Å². The Morgan fingerprint density at radius 3 is 2.38 bits per heavy atom. The van der Waals surface area contributed by atoms with Gasteiger partial charge in [-0.15, -0.1) is 0 Å². The van der Waals surface area contributed by atoms with Crippen LogP contribution in [0.4, 0.5) is 0 Å². The van der Waals surface area contributed by atoms with E-state index >= 15 is 0 Å². The molecule has 0 aromatic heterocycles. The summed E-state index contributed by atoms with van der Waals surface area (Å²) in [5.74, 6) is 1.07. The molecule has 3 nitrogen and oxygen atoms in total. The second kappa shape index (κ2) is 8.32. The van der Waals surface area contributed by atoms with Crippen molar-refractivity contribution in [3.63, 3.8) is 0 Å². The Balaban J connectivity index is 1.70. The molecule has 0 bridgehead atoms. The van der Waals surface area contributed by atoms with E-state index in [-0.39, 0.29) is 0 Å². The summed E-state index contributed by atoms with van der Waals surface area (Å²) in [5, 5.41) is 10.7. The van der Waals surface area contributed by atoms with Crippen LogP contribution in [0.2, 0.25) is 0 Å². The first-order valence-corrected chi connectivity index (χ1v) is 8.95. The fourth-order valence-electron chi connectivity index (χ4n) is 3.58. The van der Waals surface area contributed by atoms with Gasteiger partial charge in [-0.1, -0.05) is 67.8 Å². The molecule has 1 saturated carbocycles. The molecule has 2 atom stereocenters. The fraction of sp³-hybridized carbons (Fsp3) is 0.429. The number of nitrogens with two attached hydrogens (primary N) is 1. The lowest BCUT2D eigenvalue weighted by Crippen LogP contribution is -2.34. The van der Waals surface area contributed by atoms with E-state index in [1.165, 1.54) is 19.3 Å². The quantitative estimate of drug-likeness (QED) is 0.836. The van der Waals surface area contributed by atoms with Crippen molar-refractivity contribution < 1.29 is 9.84 Å². The van der Waals surface area contributed by atoms with Crippen LogP contribution in [0.1, 0.15) is 49.3 Å². The molecule has 0 heterocycles. The molecule has 2 aromatic rings. The molecule has 1 fully saturated rings. The number of hydrogen-bond donors (Lipinski definition) is 2. The van der Waals surface area contributed by atoms with Gasteiger partial charge >= 0.3 is 0 Å². The molecular formula is C21H27NO2. The zero-order valence-corrected chi connectivity index (χ0v) is 14.1. The average Bonchev–Trinajstić information content (AvgIpc) is 2.67. The summed E-state index contributed by atoms with van der Waals surface area (Å²) in [6.45, 7) is 0.504. The van der Waals surface area contributed by atoms with Gasteiger partial charge in [0, 0.05) is 5.56 Å². The number of aliphatic hydroxyl groups excluding tert-OH is 1. The van der Waals surface area contributed by atoms with Gasteiger partial charge in [-0.3, -0.25) is 0 Å². The van der Waals surface area contributed by atoms with Gasteiger partial charge in [0.1, 0.15) is 12.4 Å². The van der Waals surface area contributed by atoms with E-state index in [2.05, 4.69) is 0 Å². The molecule has 0 aliphatic heterocycles. The summed E-state index contributed by atoms with van der Waals surface area (Å²) in [6, 6.07) is 17.5. The van der Waals surface area contributed by atoms with Crippen molar-refractivity contribution in [2.24, 2.45) is 11.7 Å². The first-order valence-electron chi connectivity index (χ1n) is 8.95. The van der Waals surface area contributed by atoms with Crippen LogP contribution in [-0.2, 0) is 6.61 Å². The smallest absolute Gasteiger partial charge is 0.124 e. The second-order valence-electron chi connectivity index (χ2n) is 6.73. The van der Waals surface area contributed by atoms with E-state index in [1.54, 1.807) is 0 Å². The normalized spacial score (nSPS) is 18.1. The van der Waals surface area contributed by atoms with Gasteiger partial charge in [-0.2, -0.15) is 0 Å². The lowest BCUT2D eigenvalue weighted by molar-refractivity contribution is 0.0608. The van der Waals surface area contributed by atoms with Crippen LogP contribution in [-0.4, -0.2) is 11.2 Å². The molecule has 2 aromatic carbocycles. The van der Waals surface area contributed by atoms with E-state index in [4.69, 9.17) is 10.5 Å². The average molecular weight is 325 g/mol. The van der Waals surface area contributed by atoms with Gasteiger partial charge in [0.25, 0.3) is 0 Å². The van der Waals surface area contributed by atoms with Crippen molar-refractivity contribution in [1.29, 1.82) is 0 Å². The number of hydrogen-bond acceptors (Lipinski definition) is 3. The highest BCUT2D eigenvalue weighted by atomic mass is 16.5. The van der Waals surface area contributed by atoms with Crippen LogP contribution in [0.5, 0.6) is 5.75 Å². The Morgan fingerprint density at radius 1 is 0.958 bits per heavy atom. The molecule has 3 rings (SSSR count). The number of benzene rings is 2. The second-order valence-corrected chi connectivity index (χ2v) is 6.73. The summed E-state index contributed by atoms with van der Waals surface area (Å²) < 4.78 is 5.99. The van der Waals surface area contributed by atoms with Crippen LogP contribution in [0.25, 0.3) is 0 Å². The fourth-order valence-corrected chi connectivity index (χ4v) is 3.58. The number of aliphatic hydroxyl groups is 1. The maximum Gasteiger partial charge on any atom is 0.124 e. The summed E-state index contributed by atoms with van der Waals surface area (Å²) in [5.41, 5.74) is 8.42. The molecule has 1 aliphatic rings. The monoisotopic (exact) mass is 325 g/mol. The predicted molar refractivity (Wildman–Crippen MR) is 96.7 cm³/mol. The van der Waals surface area contributed by atoms with Crippen molar-refractivity contribution in [2.75, 3.05) is 0 Å². The van der Waals surface area contributed by atoms with Gasteiger partial charge in [0.05, 0.1) is 12.1 Å². The zero-order chi connectivity index (χ0) is 16.8. The third-order valence-electron chi connectivity index (χ3n) is 5.02. The van der Waals surface area contributed by atoms with E-state index in [0.717, 1.165) is 29.7 Å². The molecule has 24 heavy (non-hydrogen) atoms. The first-order chi connectivity index (χ1) is 11.8. The lowest BCUT2D eigenvalue weighted by Gasteiger charge is -2.31. The standard InChI is InChI=1S/C21H27NO2/c22-20(21(23)17-11-5-2-6-12-17)18-13-7-8-14-19(18)24-15-16-9-3-1-4-10-16/h1,3-4,7-10,13-14,17,20-21,23H,2,5-6,11-12,15,22H2/t20-,21+/m0/s1. The molecule has 1 aliphatic carbocycles. The highest BCUT2D eigenvalue weighted by Gasteiger charge is 2.29. The van der Waals surface area contributed by atoms with Crippen LogP contribution < -0.4 is 10.5 Å². The largest absolute Gasteiger partial charge is 0.489 e. The highest BCUT2D eigenvalue weighted by molar-refractivity contribution is 5.36. The molecule has 0 radical (unpaired) electrons. The van der Waals surface area contributed by atoms with E-state index < -0.39 is 12.1 Å².